The van der Waals surface area contributed by atoms with Gasteiger partial charge in [-0.3, -0.25) is 14.6 Å². The molecule has 4 rings (SSSR count). The third-order valence-electron chi connectivity index (χ3n) is 5.58. The van der Waals surface area contributed by atoms with E-state index in [1.54, 1.807) is 42.3 Å². The van der Waals surface area contributed by atoms with Crippen LogP contribution in [-0.4, -0.2) is 39.9 Å². The fourth-order valence-corrected chi connectivity index (χ4v) is 5.71. The first-order chi connectivity index (χ1) is 19.0. The molecule has 11 nitrogen and oxygen atoms in total. The largest absolute Gasteiger partial charge is 0.443 e. The highest BCUT2D eigenvalue weighted by Gasteiger charge is 2.27. The molecule has 0 atom stereocenters. The summed E-state index contributed by atoms with van der Waals surface area (Å²) in [7, 11) is -4.23. The van der Waals surface area contributed by atoms with E-state index in [1.807, 2.05) is 13.8 Å². The first-order valence-electron chi connectivity index (χ1n) is 12.3. The number of fused-ring (bicyclic) bond motifs is 1. The van der Waals surface area contributed by atoms with Crippen LogP contribution < -0.4 is 15.0 Å². The number of carbonyl (C=O) groups is 1. The Kier molecular flexibility index (Phi) is 8.60. The SMILES string of the molecule is CC(C)c1[nH]n(-c2c(Cl)cc(Cl)cc2Cl)c2nc(Cc3ccc(NS(=O)(=O)NC(=O)OC(C)(C)C)cc3)nc(=O)c1-2. The monoisotopic (exact) mass is 640 g/mol. The number of aromatic nitrogens is 4. The predicted molar refractivity (Wildman–Crippen MR) is 159 cm³/mol. The molecule has 0 bridgehead atoms. The third-order valence-corrected chi connectivity index (χ3v) is 7.32. The number of carbonyl (C=O) groups excluding carboxylic acids is 1. The van der Waals surface area contributed by atoms with Gasteiger partial charge < -0.3 is 4.74 Å². The first-order valence-corrected chi connectivity index (χ1v) is 14.9. The van der Waals surface area contributed by atoms with Gasteiger partial charge in [0.1, 0.15) is 22.7 Å². The van der Waals surface area contributed by atoms with E-state index < -0.39 is 27.5 Å². The number of halogens is 3. The van der Waals surface area contributed by atoms with Gasteiger partial charge >= 0.3 is 16.3 Å². The van der Waals surface area contributed by atoms with Crippen molar-refractivity contribution in [3.63, 3.8) is 0 Å². The van der Waals surface area contributed by atoms with Crippen LogP contribution in [0.25, 0.3) is 17.1 Å². The second-order valence-electron chi connectivity index (χ2n) is 10.5. The first kappa shape index (κ1) is 30.6. The van der Waals surface area contributed by atoms with Gasteiger partial charge in [0.05, 0.1) is 21.4 Å². The lowest BCUT2D eigenvalue weighted by molar-refractivity contribution is 0.0570. The van der Waals surface area contributed by atoms with Gasteiger partial charge in [-0.05, 0) is 56.5 Å². The second kappa shape index (κ2) is 11.5. The number of ether oxygens (including phenoxy) is 1. The summed E-state index contributed by atoms with van der Waals surface area (Å²) in [5.74, 6) is 0.464. The molecule has 0 spiro atoms. The van der Waals surface area contributed by atoms with E-state index >= 15 is 0 Å². The minimum absolute atomic E-state index is 0.0631. The number of rotatable bonds is 7. The predicted octanol–water partition coefficient (Wildman–Crippen LogP) is 5.92. The molecule has 0 saturated heterocycles. The Morgan fingerprint density at radius 2 is 1.68 bits per heavy atom. The van der Waals surface area contributed by atoms with Crippen molar-refractivity contribution >= 4 is 56.8 Å². The fourth-order valence-electron chi connectivity index (χ4n) is 3.97. The van der Waals surface area contributed by atoms with Crippen LogP contribution in [0.2, 0.25) is 15.1 Å². The maximum absolute atomic E-state index is 13.2. The summed E-state index contributed by atoms with van der Waals surface area (Å²) in [5, 5.41) is 4.07. The molecular formula is C26H27Cl3N6O5S. The molecule has 15 heteroatoms. The lowest BCUT2D eigenvalue weighted by atomic mass is 10.1. The molecule has 1 amide bonds. The van der Waals surface area contributed by atoms with Crippen molar-refractivity contribution in [1.82, 2.24) is 24.5 Å². The zero-order chi connectivity index (χ0) is 30.3. The number of anilines is 1. The summed E-state index contributed by atoms with van der Waals surface area (Å²) < 4.78 is 35.1. The van der Waals surface area contributed by atoms with Gasteiger partial charge in [-0.25, -0.2) is 19.2 Å². The molecule has 2 aromatic carbocycles. The minimum atomic E-state index is -4.23. The molecule has 3 N–H and O–H groups in total. The highest BCUT2D eigenvalue weighted by atomic mass is 35.5. The minimum Gasteiger partial charge on any atom is -0.443 e. The quantitative estimate of drug-likeness (QED) is 0.227. The van der Waals surface area contributed by atoms with Crippen molar-refractivity contribution in [2.75, 3.05) is 4.72 Å². The van der Waals surface area contributed by atoms with Gasteiger partial charge in [0, 0.05) is 11.4 Å². The van der Waals surface area contributed by atoms with E-state index in [-0.39, 0.29) is 33.9 Å². The Balaban J connectivity index is 1.62. The molecule has 0 unspecified atom stereocenters. The Bertz CT molecular complexity index is 1720. The highest BCUT2D eigenvalue weighted by Crippen LogP contribution is 2.36. The molecule has 0 aromatic heterocycles. The number of benzene rings is 2. The lowest BCUT2D eigenvalue weighted by Crippen LogP contribution is -2.39. The Labute approximate surface area is 251 Å². The topological polar surface area (TPSA) is 148 Å². The van der Waals surface area contributed by atoms with Gasteiger partial charge in [0.2, 0.25) is 0 Å². The van der Waals surface area contributed by atoms with Crippen LogP contribution in [0.4, 0.5) is 10.5 Å². The van der Waals surface area contributed by atoms with E-state index in [0.29, 0.717) is 33.4 Å². The lowest BCUT2D eigenvalue weighted by Gasteiger charge is -2.19. The molecule has 0 saturated carbocycles. The molecule has 2 aliphatic rings. The Morgan fingerprint density at radius 1 is 1.07 bits per heavy atom. The van der Waals surface area contributed by atoms with E-state index in [9.17, 15) is 18.0 Å². The average Bonchev–Trinajstić information content (AvgIpc) is 3.18. The molecule has 218 valence electrons. The number of amides is 1. The van der Waals surface area contributed by atoms with Gasteiger partial charge in [-0.2, -0.15) is 13.4 Å². The molecule has 0 aliphatic carbocycles. The highest BCUT2D eigenvalue weighted by molar-refractivity contribution is 7.91. The van der Waals surface area contributed by atoms with Crippen molar-refractivity contribution in [2.24, 2.45) is 0 Å². The number of H-pyrrole nitrogens is 1. The normalized spacial score (nSPS) is 12.1. The summed E-state index contributed by atoms with van der Waals surface area (Å²) in [4.78, 5) is 33.9. The Hall–Kier alpha value is -3.32. The van der Waals surface area contributed by atoms with Gasteiger partial charge in [0.25, 0.3) is 5.56 Å². The molecule has 2 heterocycles. The van der Waals surface area contributed by atoms with Crippen LogP contribution >= 0.6 is 34.8 Å². The molecule has 2 aromatic rings. The van der Waals surface area contributed by atoms with Gasteiger partial charge in [0.15, 0.2) is 5.82 Å². The zero-order valence-corrected chi connectivity index (χ0v) is 25.8. The standard InChI is InChI=1S/C26H27Cl3N6O5S/c1-13(2)21-20-23(35(32-21)22-17(28)11-15(27)12-18(22)29)30-19(31-24(20)36)10-14-6-8-16(9-7-14)33-41(38,39)34-25(37)40-26(3,4)5/h6-9,11-13,32-33H,10H2,1-5H3,(H,34,37). The maximum atomic E-state index is 13.2. The molecule has 0 fully saturated rings. The van der Waals surface area contributed by atoms with E-state index in [0.717, 1.165) is 0 Å². The van der Waals surface area contributed by atoms with E-state index in [4.69, 9.17) is 39.5 Å². The molecule has 41 heavy (non-hydrogen) atoms. The smallest absolute Gasteiger partial charge is 0.422 e. The average molecular weight is 642 g/mol. The zero-order valence-electron chi connectivity index (χ0n) is 22.7. The van der Waals surface area contributed by atoms with Crippen LogP contribution in [0.5, 0.6) is 0 Å². The van der Waals surface area contributed by atoms with E-state index in [2.05, 4.69) is 19.8 Å². The van der Waals surface area contributed by atoms with Crippen molar-refractivity contribution in [2.45, 2.75) is 52.6 Å². The Morgan fingerprint density at radius 3 is 2.24 bits per heavy atom. The van der Waals surface area contributed by atoms with Crippen molar-refractivity contribution in [3.05, 3.63) is 78.9 Å². The van der Waals surface area contributed by atoms with E-state index in [1.165, 1.54) is 24.3 Å². The van der Waals surface area contributed by atoms with Crippen LogP contribution in [-0.2, 0) is 21.4 Å². The van der Waals surface area contributed by atoms with Crippen molar-refractivity contribution < 1.29 is 17.9 Å². The number of hydrogen-bond acceptors (Lipinski definition) is 7. The van der Waals surface area contributed by atoms with Crippen molar-refractivity contribution in [1.29, 1.82) is 0 Å². The molecule has 0 radical (unpaired) electrons. The number of nitrogens with one attached hydrogen (secondary N) is 3. The van der Waals surface area contributed by atoms with Crippen LogP contribution in [0.15, 0.2) is 41.2 Å². The third kappa shape index (κ3) is 7.31. The summed E-state index contributed by atoms with van der Waals surface area (Å²) in [6.45, 7) is 8.69. The van der Waals surface area contributed by atoms with Crippen LogP contribution in [0, 0.1) is 0 Å². The summed E-state index contributed by atoms with van der Waals surface area (Å²) in [5.41, 5.74) is 0.879. The molecule has 2 aliphatic heterocycles. The maximum Gasteiger partial charge on any atom is 0.422 e. The van der Waals surface area contributed by atoms with Crippen LogP contribution in [0.3, 0.4) is 0 Å². The number of nitrogens with zero attached hydrogens (tertiary/aromatic N) is 3. The van der Waals surface area contributed by atoms with Gasteiger partial charge in [-0.1, -0.05) is 60.8 Å². The fraction of sp³-hybridized carbons (Fsp3) is 0.308. The van der Waals surface area contributed by atoms with Crippen molar-refractivity contribution in [3.8, 4) is 17.1 Å². The number of aromatic amines is 1. The summed E-state index contributed by atoms with van der Waals surface area (Å²) >= 11 is 19.0. The van der Waals surface area contributed by atoms with Crippen LogP contribution in [0.1, 0.15) is 57.6 Å². The molecular weight excluding hydrogens is 615 g/mol. The number of hydrogen-bond donors (Lipinski definition) is 3. The second-order valence-corrected chi connectivity index (χ2v) is 13.1. The summed E-state index contributed by atoms with van der Waals surface area (Å²) in [6.07, 6.45) is -0.940. The summed E-state index contributed by atoms with van der Waals surface area (Å²) in [6, 6.07) is 9.36. The van der Waals surface area contributed by atoms with Gasteiger partial charge in [-0.15, -0.1) is 0 Å².